The van der Waals surface area contributed by atoms with Gasteiger partial charge in [0.25, 0.3) is 5.56 Å². The summed E-state index contributed by atoms with van der Waals surface area (Å²) in [7, 11) is 0. The Morgan fingerprint density at radius 3 is 2.54 bits per heavy atom. The number of aromatic amines is 1. The van der Waals surface area contributed by atoms with Crippen LogP contribution in [-0.4, -0.2) is 59.1 Å². The minimum atomic E-state index is -0.0656. The number of aromatic nitrogens is 2. The normalized spacial score (nSPS) is 16.9. The highest BCUT2D eigenvalue weighted by atomic mass is 16.5. The molecule has 2 aromatic carbocycles. The maximum Gasteiger partial charge on any atom is 0.258 e. The summed E-state index contributed by atoms with van der Waals surface area (Å²) < 4.78 is 5.80. The van der Waals surface area contributed by atoms with Crippen molar-refractivity contribution in [2.45, 2.75) is 13.0 Å². The number of piperazine rings is 1. The fourth-order valence-electron chi connectivity index (χ4n) is 3.66. The van der Waals surface area contributed by atoms with Crippen LogP contribution in [0, 0.1) is 0 Å². The molecule has 1 N–H and O–H groups in total. The monoisotopic (exact) mass is 378 g/mol. The highest BCUT2D eigenvalue weighted by Gasteiger charge is 2.23. The Kier molecular flexibility index (Phi) is 5.69. The van der Waals surface area contributed by atoms with Gasteiger partial charge in [-0.15, -0.1) is 0 Å². The summed E-state index contributed by atoms with van der Waals surface area (Å²) in [6, 6.07) is 17.5. The van der Waals surface area contributed by atoms with E-state index in [1.807, 2.05) is 54.6 Å². The molecule has 1 aliphatic rings. The van der Waals surface area contributed by atoms with Crippen molar-refractivity contribution in [3.8, 4) is 5.75 Å². The second kappa shape index (κ2) is 8.54. The molecule has 3 aromatic rings. The third-order valence-electron chi connectivity index (χ3n) is 5.40. The number of nitrogens with zero attached hydrogens (tertiary/aromatic N) is 3. The van der Waals surface area contributed by atoms with E-state index in [0.717, 1.165) is 49.8 Å². The Morgan fingerprint density at radius 1 is 1.04 bits per heavy atom. The predicted molar refractivity (Wildman–Crippen MR) is 111 cm³/mol. The highest BCUT2D eigenvalue weighted by Crippen LogP contribution is 2.19. The minimum Gasteiger partial charge on any atom is -0.492 e. The van der Waals surface area contributed by atoms with Gasteiger partial charge in [-0.2, -0.15) is 0 Å². The molecule has 6 nitrogen and oxygen atoms in total. The molecule has 1 fully saturated rings. The average Bonchev–Trinajstić information content (AvgIpc) is 2.74. The van der Waals surface area contributed by atoms with Crippen molar-refractivity contribution in [1.29, 1.82) is 0 Å². The highest BCUT2D eigenvalue weighted by molar-refractivity contribution is 5.77. The molecule has 1 aliphatic heterocycles. The van der Waals surface area contributed by atoms with E-state index >= 15 is 0 Å². The van der Waals surface area contributed by atoms with Crippen LogP contribution in [0.5, 0.6) is 5.75 Å². The van der Waals surface area contributed by atoms with Crippen molar-refractivity contribution in [3.63, 3.8) is 0 Å². The first kappa shape index (κ1) is 18.7. The first-order valence-corrected chi connectivity index (χ1v) is 9.84. The molecule has 4 rings (SSSR count). The summed E-state index contributed by atoms with van der Waals surface area (Å²) in [4.78, 5) is 24.8. The molecule has 0 spiro atoms. The molecule has 0 unspecified atom stereocenters. The largest absolute Gasteiger partial charge is 0.492 e. The number of benzene rings is 2. The number of hydrogen-bond donors (Lipinski definition) is 1. The number of hydrogen-bond acceptors (Lipinski definition) is 5. The van der Waals surface area contributed by atoms with E-state index < -0.39 is 0 Å². The van der Waals surface area contributed by atoms with Crippen molar-refractivity contribution in [2.24, 2.45) is 0 Å². The molecule has 0 aliphatic carbocycles. The van der Waals surface area contributed by atoms with Crippen molar-refractivity contribution < 1.29 is 4.74 Å². The van der Waals surface area contributed by atoms with E-state index in [2.05, 4.69) is 26.7 Å². The Balaban J connectivity index is 1.31. The van der Waals surface area contributed by atoms with Gasteiger partial charge in [0.2, 0.25) is 0 Å². The second-order valence-electron chi connectivity index (χ2n) is 7.18. The van der Waals surface area contributed by atoms with Gasteiger partial charge in [0.1, 0.15) is 18.2 Å². The van der Waals surface area contributed by atoms with Crippen LogP contribution in [-0.2, 0) is 0 Å². The Hall–Kier alpha value is -2.70. The summed E-state index contributed by atoms with van der Waals surface area (Å²) in [5.41, 5.74) is 0.689. The lowest BCUT2D eigenvalue weighted by Crippen LogP contribution is -2.48. The van der Waals surface area contributed by atoms with Crippen LogP contribution < -0.4 is 10.3 Å². The van der Waals surface area contributed by atoms with E-state index in [0.29, 0.717) is 12.0 Å². The summed E-state index contributed by atoms with van der Waals surface area (Å²) in [5, 5.41) is 0.640. The molecule has 28 heavy (non-hydrogen) atoms. The lowest BCUT2D eigenvalue weighted by molar-refractivity contribution is 0.0891. The zero-order valence-electron chi connectivity index (χ0n) is 16.2. The maximum atomic E-state index is 12.3. The fraction of sp³-hybridized carbons (Fsp3) is 0.364. The number of fused-ring (bicyclic) bond motifs is 1. The topological polar surface area (TPSA) is 61.5 Å². The molecule has 2 heterocycles. The lowest BCUT2D eigenvalue weighted by atomic mass is 10.2. The van der Waals surface area contributed by atoms with E-state index in [4.69, 9.17) is 4.74 Å². The second-order valence-corrected chi connectivity index (χ2v) is 7.18. The van der Waals surface area contributed by atoms with Crippen LogP contribution in [0.3, 0.4) is 0 Å². The van der Waals surface area contributed by atoms with Gasteiger partial charge >= 0.3 is 0 Å². The van der Waals surface area contributed by atoms with Crippen LogP contribution in [0.2, 0.25) is 0 Å². The standard InChI is InChI=1S/C22H26N4O2/c1-17(21-23-20-10-6-5-9-19(20)22(27)24-21)26-13-11-25(12-14-26)15-16-28-18-7-3-2-4-8-18/h2-10,17H,11-16H2,1H3,(H,23,24,27)/t17-/m0/s1. The molecular weight excluding hydrogens is 352 g/mol. The van der Waals surface area contributed by atoms with Gasteiger partial charge in [-0.25, -0.2) is 4.98 Å². The Labute approximate surface area is 164 Å². The van der Waals surface area contributed by atoms with Crippen LogP contribution in [0.25, 0.3) is 10.9 Å². The van der Waals surface area contributed by atoms with Crippen LogP contribution in [0.15, 0.2) is 59.4 Å². The Morgan fingerprint density at radius 2 is 1.75 bits per heavy atom. The van der Waals surface area contributed by atoms with Gasteiger partial charge in [0.05, 0.1) is 16.9 Å². The molecule has 6 heteroatoms. The zero-order valence-corrected chi connectivity index (χ0v) is 16.2. The van der Waals surface area contributed by atoms with Crippen LogP contribution >= 0.6 is 0 Å². The van der Waals surface area contributed by atoms with Crippen molar-refractivity contribution in [1.82, 2.24) is 19.8 Å². The van der Waals surface area contributed by atoms with Crippen LogP contribution in [0.4, 0.5) is 0 Å². The summed E-state index contributed by atoms with van der Waals surface area (Å²) in [6.07, 6.45) is 0. The van der Waals surface area contributed by atoms with Crippen molar-refractivity contribution in [3.05, 3.63) is 70.8 Å². The summed E-state index contributed by atoms with van der Waals surface area (Å²) in [5.74, 6) is 1.66. The maximum absolute atomic E-state index is 12.3. The lowest BCUT2D eigenvalue weighted by Gasteiger charge is -2.37. The van der Waals surface area contributed by atoms with Gasteiger partial charge in [-0.1, -0.05) is 30.3 Å². The van der Waals surface area contributed by atoms with Crippen molar-refractivity contribution in [2.75, 3.05) is 39.3 Å². The van der Waals surface area contributed by atoms with Gasteiger partial charge < -0.3 is 9.72 Å². The van der Waals surface area contributed by atoms with Gasteiger partial charge in [0, 0.05) is 32.7 Å². The van der Waals surface area contributed by atoms with E-state index in [-0.39, 0.29) is 11.6 Å². The molecule has 1 aromatic heterocycles. The molecule has 1 saturated heterocycles. The zero-order chi connectivity index (χ0) is 19.3. The minimum absolute atomic E-state index is 0.0656. The Bertz CT molecular complexity index is 965. The molecule has 0 amide bonds. The number of H-pyrrole nitrogens is 1. The van der Waals surface area contributed by atoms with Crippen molar-refractivity contribution >= 4 is 10.9 Å². The van der Waals surface area contributed by atoms with Gasteiger partial charge in [0.15, 0.2) is 0 Å². The molecule has 0 saturated carbocycles. The summed E-state index contributed by atoms with van der Waals surface area (Å²) in [6.45, 7) is 7.59. The smallest absolute Gasteiger partial charge is 0.258 e. The molecular formula is C22H26N4O2. The molecule has 0 bridgehead atoms. The van der Waals surface area contributed by atoms with Crippen LogP contribution in [0.1, 0.15) is 18.8 Å². The quantitative estimate of drug-likeness (QED) is 0.715. The molecule has 1 atom stereocenters. The number of ether oxygens (including phenoxy) is 1. The number of para-hydroxylation sites is 2. The summed E-state index contributed by atoms with van der Waals surface area (Å²) >= 11 is 0. The number of nitrogens with one attached hydrogen (secondary N) is 1. The third kappa shape index (κ3) is 4.24. The van der Waals surface area contributed by atoms with Gasteiger partial charge in [-0.05, 0) is 31.2 Å². The fourth-order valence-corrected chi connectivity index (χ4v) is 3.66. The molecule has 146 valence electrons. The first-order valence-electron chi connectivity index (χ1n) is 9.84. The predicted octanol–water partition coefficient (Wildman–Crippen LogP) is 2.68. The third-order valence-corrected chi connectivity index (χ3v) is 5.40. The first-order chi connectivity index (χ1) is 13.7. The van der Waals surface area contributed by atoms with E-state index in [1.165, 1.54) is 0 Å². The van der Waals surface area contributed by atoms with Gasteiger partial charge in [-0.3, -0.25) is 14.6 Å². The van der Waals surface area contributed by atoms with E-state index in [1.54, 1.807) is 0 Å². The SMILES string of the molecule is C[C@@H](c1nc2ccccc2c(=O)[nH]1)N1CCN(CCOc2ccccc2)CC1. The number of rotatable bonds is 6. The van der Waals surface area contributed by atoms with E-state index in [9.17, 15) is 4.79 Å². The molecule has 0 radical (unpaired) electrons. The average molecular weight is 378 g/mol.